The predicted molar refractivity (Wildman–Crippen MR) is 100 cm³/mol. The summed E-state index contributed by atoms with van der Waals surface area (Å²) in [6.07, 6.45) is 5.08. The van der Waals surface area contributed by atoms with E-state index in [0.717, 1.165) is 35.7 Å². The van der Waals surface area contributed by atoms with Crippen molar-refractivity contribution in [1.82, 2.24) is 4.98 Å². The smallest absolute Gasteiger partial charge is 0.320 e. The Labute approximate surface area is 152 Å². The quantitative estimate of drug-likeness (QED) is 0.434. The summed E-state index contributed by atoms with van der Waals surface area (Å²) in [4.78, 5) is 23.8. The lowest BCUT2D eigenvalue weighted by Crippen LogP contribution is -2.32. The molecule has 0 saturated heterocycles. The molecular weight excluding hydrogens is 336 g/mol. The summed E-state index contributed by atoms with van der Waals surface area (Å²) in [5.41, 5.74) is 7.43. The number of aliphatic hydroxyl groups is 1. The van der Waals surface area contributed by atoms with Crippen molar-refractivity contribution >= 4 is 22.8 Å². The van der Waals surface area contributed by atoms with Crippen molar-refractivity contribution in [3.05, 3.63) is 36.0 Å². The highest BCUT2D eigenvalue weighted by molar-refractivity contribution is 5.84. The summed E-state index contributed by atoms with van der Waals surface area (Å²) < 4.78 is 0. The van der Waals surface area contributed by atoms with Crippen molar-refractivity contribution in [2.75, 3.05) is 0 Å². The molecule has 0 amide bonds. The van der Waals surface area contributed by atoms with Crippen LogP contribution in [0.1, 0.15) is 44.6 Å². The summed E-state index contributed by atoms with van der Waals surface area (Å²) >= 11 is 0. The van der Waals surface area contributed by atoms with Gasteiger partial charge in [0.15, 0.2) is 0 Å². The van der Waals surface area contributed by atoms with Gasteiger partial charge < -0.3 is 26.0 Å². The van der Waals surface area contributed by atoms with Gasteiger partial charge in [-0.05, 0) is 18.1 Å². The molecule has 7 heteroatoms. The monoisotopic (exact) mass is 364 g/mol. The van der Waals surface area contributed by atoms with Crippen LogP contribution in [-0.4, -0.2) is 44.4 Å². The van der Waals surface area contributed by atoms with Gasteiger partial charge in [0.05, 0.1) is 12.5 Å². The van der Waals surface area contributed by atoms with Crippen LogP contribution >= 0.6 is 0 Å². The predicted octanol–water partition coefficient (Wildman–Crippen LogP) is 2.52. The molecule has 6 N–H and O–H groups in total. The largest absolute Gasteiger partial charge is 0.481 e. The fourth-order valence-corrected chi connectivity index (χ4v) is 2.56. The number of aromatic nitrogens is 1. The standard InChI is InChI=1S/C11H12N2O2.C8H16O3/c12-9(11(14)15)5-7-6-13-10-4-2-1-3-8(7)10;1-2-3-4-5-7(9)6-8(10)11/h1-4,6,9,13H,5,12H2,(H,14,15);7,9H,2-6H2,1H3,(H,10,11)/t9-;/m0./s1. The van der Waals surface area contributed by atoms with Crippen LogP contribution in [0.4, 0.5) is 0 Å². The summed E-state index contributed by atoms with van der Waals surface area (Å²) in [6, 6.07) is 6.91. The van der Waals surface area contributed by atoms with Crippen LogP contribution in [0, 0.1) is 0 Å². The molecule has 1 aromatic heterocycles. The lowest BCUT2D eigenvalue weighted by molar-refractivity contribution is -0.140. The normalized spacial score (nSPS) is 12.9. The topological polar surface area (TPSA) is 137 Å². The van der Waals surface area contributed by atoms with Crippen molar-refractivity contribution in [2.45, 2.75) is 57.6 Å². The molecule has 0 aliphatic heterocycles. The van der Waals surface area contributed by atoms with Crippen LogP contribution in [-0.2, 0) is 16.0 Å². The van der Waals surface area contributed by atoms with Gasteiger partial charge in [-0.15, -0.1) is 0 Å². The Morgan fingerprint density at radius 2 is 1.88 bits per heavy atom. The number of carboxylic acids is 2. The molecule has 0 aliphatic carbocycles. The van der Waals surface area contributed by atoms with Gasteiger partial charge in [-0.25, -0.2) is 0 Å². The van der Waals surface area contributed by atoms with Gasteiger partial charge in [0.2, 0.25) is 0 Å². The van der Waals surface area contributed by atoms with E-state index >= 15 is 0 Å². The third-order valence-electron chi connectivity index (χ3n) is 3.98. The van der Waals surface area contributed by atoms with Crippen LogP contribution in [0.3, 0.4) is 0 Å². The van der Waals surface area contributed by atoms with E-state index in [4.69, 9.17) is 21.1 Å². The van der Waals surface area contributed by atoms with Crippen LogP contribution in [0.2, 0.25) is 0 Å². The molecule has 144 valence electrons. The molecule has 0 fully saturated rings. The third kappa shape index (κ3) is 7.67. The third-order valence-corrected chi connectivity index (χ3v) is 3.98. The van der Waals surface area contributed by atoms with Crippen LogP contribution in [0.25, 0.3) is 10.9 Å². The summed E-state index contributed by atoms with van der Waals surface area (Å²) in [7, 11) is 0. The molecule has 0 radical (unpaired) electrons. The Hall–Kier alpha value is -2.38. The number of carboxylic acid groups (broad SMARTS) is 2. The first-order chi connectivity index (χ1) is 12.3. The van der Waals surface area contributed by atoms with Crippen molar-refractivity contribution in [2.24, 2.45) is 5.73 Å². The lowest BCUT2D eigenvalue weighted by Gasteiger charge is -2.05. The molecule has 0 bridgehead atoms. The molecule has 1 heterocycles. The number of hydrogen-bond acceptors (Lipinski definition) is 4. The zero-order valence-corrected chi connectivity index (χ0v) is 15.0. The van der Waals surface area contributed by atoms with E-state index < -0.39 is 24.1 Å². The number of aromatic amines is 1. The average molecular weight is 364 g/mol. The second-order valence-corrected chi connectivity index (χ2v) is 6.26. The SMILES string of the molecule is CCCCCC(O)CC(=O)O.N[C@@H](Cc1c[nH]c2ccccc12)C(=O)O. The second kappa shape index (κ2) is 11.3. The van der Waals surface area contributed by atoms with E-state index in [-0.39, 0.29) is 6.42 Å². The summed E-state index contributed by atoms with van der Waals surface area (Å²) in [5, 5.41) is 27.1. The summed E-state index contributed by atoms with van der Waals surface area (Å²) in [6.45, 7) is 2.07. The minimum Gasteiger partial charge on any atom is -0.481 e. The minimum absolute atomic E-state index is 0.121. The Morgan fingerprint density at radius 3 is 2.50 bits per heavy atom. The van der Waals surface area contributed by atoms with Gasteiger partial charge in [-0.3, -0.25) is 9.59 Å². The van der Waals surface area contributed by atoms with Gasteiger partial charge in [-0.1, -0.05) is 44.4 Å². The maximum atomic E-state index is 10.6. The van der Waals surface area contributed by atoms with Gasteiger partial charge in [0, 0.05) is 23.5 Å². The highest BCUT2D eigenvalue weighted by Crippen LogP contribution is 2.18. The van der Waals surface area contributed by atoms with Crippen LogP contribution in [0.15, 0.2) is 30.5 Å². The fourth-order valence-electron chi connectivity index (χ4n) is 2.56. The zero-order chi connectivity index (χ0) is 19.5. The van der Waals surface area contributed by atoms with E-state index in [1.54, 1.807) is 0 Å². The Bertz CT molecular complexity index is 698. The number of unbranched alkanes of at least 4 members (excludes halogenated alkanes) is 2. The molecule has 1 aromatic carbocycles. The van der Waals surface area contributed by atoms with Crippen LogP contribution < -0.4 is 5.73 Å². The molecule has 1 unspecified atom stereocenters. The Morgan fingerprint density at radius 1 is 1.19 bits per heavy atom. The van der Waals surface area contributed by atoms with E-state index in [1.165, 1.54) is 0 Å². The molecule has 7 nitrogen and oxygen atoms in total. The van der Waals surface area contributed by atoms with E-state index in [9.17, 15) is 9.59 Å². The van der Waals surface area contributed by atoms with Gasteiger partial charge in [0.25, 0.3) is 0 Å². The van der Waals surface area contributed by atoms with Crippen molar-refractivity contribution < 1.29 is 24.9 Å². The molecule has 26 heavy (non-hydrogen) atoms. The van der Waals surface area contributed by atoms with Crippen LogP contribution in [0.5, 0.6) is 0 Å². The maximum absolute atomic E-state index is 10.6. The van der Waals surface area contributed by atoms with Crippen molar-refractivity contribution in [3.63, 3.8) is 0 Å². The number of benzene rings is 1. The number of nitrogens with one attached hydrogen (secondary N) is 1. The number of aliphatic hydroxyl groups excluding tert-OH is 1. The number of para-hydroxylation sites is 1. The molecular formula is C19H28N2O5. The van der Waals surface area contributed by atoms with E-state index in [1.807, 2.05) is 30.5 Å². The Kier molecular flexibility index (Phi) is 9.40. The highest BCUT2D eigenvalue weighted by atomic mass is 16.4. The molecule has 2 rings (SSSR count). The fraction of sp³-hybridized carbons (Fsp3) is 0.474. The van der Waals surface area contributed by atoms with E-state index in [2.05, 4.69) is 11.9 Å². The van der Waals surface area contributed by atoms with E-state index in [0.29, 0.717) is 12.8 Å². The Balaban J connectivity index is 0.000000276. The average Bonchev–Trinajstić information content (AvgIpc) is 2.98. The highest BCUT2D eigenvalue weighted by Gasteiger charge is 2.14. The molecule has 0 aliphatic rings. The number of rotatable bonds is 9. The first-order valence-corrected chi connectivity index (χ1v) is 8.78. The van der Waals surface area contributed by atoms with Crippen molar-refractivity contribution in [1.29, 1.82) is 0 Å². The van der Waals surface area contributed by atoms with Crippen molar-refractivity contribution in [3.8, 4) is 0 Å². The number of carbonyl (C=O) groups is 2. The molecule has 2 atom stereocenters. The number of H-pyrrole nitrogens is 1. The minimum atomic E-state index is -0.972. The molecule has 0 spiro atoms. The van der Waals surface area contributed by atoms with Gasteiger partial charge in [0.1, 0.15) is 6.04 Å². The van der Waals surface area contributed by atoms with Gasteiger partial charge in [-0.2, -0.15) is 0 Å². The van der Waals surface area contributed by atoms with Gasteiger partial charge >= 0.3 is 11.9 Å². The number of aliphatic carboxylic acids is 2. The molecule has 0 saturated carbocycles. The lowest BCUT2D eigenvalue weighted by atomic mass is 10.1. The number of nitrogens with two attached hydrogens (primary N) is 1. The molecule has 2 aromatic rings. The number of hydrogen-bond donors (Lipinski definition) is 5. The zero-order valence-electron chi connectivity index (χ0n) is 15.0. The summed E-state index contributed by atoms with van der Waals surface area (Å²) in [5.74, 6) is -1.89. The first kappa shape index (κ1) is 21.7. The maximum Gasteiger partial charge on any atom is 0.320 e. The first-order valence-electron chi connectivity index (χ1n) is 8.78. The number of fused-ring (bicyclic) bond motifs is 1. The second-order valence-electron chi connectivity index (χ2n) is 6.26.